The van der Waals surface area contributed by atoms with Gasteiger partial charge in [0.15, 0.2) is 5.76 Å². The normalized spacial score (nSPS) is 22.2. The van der Waals surface area contributed by atoms with Crippen LogP contribution >= 0.6 is 0 Å². The van der Waals surface area contributed by atoms with Crippen molar-refractivity contribution in [2.24, 2.45) is 5.92 Å². The largest absolute Gasteiger partial charge is 0.461 e. The second kappa shape index (κ2) is 3.17. The molecule has 1 atom stereocenters. The molecule has 1 aliphatic rings. The average Bonchev–Trinajstić information content (AvgIpc) is 2.72. The van der Waals surface area contributed by atoms with E-state index < -0.39 is 0 Å². The first kappa shape index (κ1) is 8.23. The first-order valence-electron chi connectivity index (χ1n) is 4.37. The number of Topliss-reactive ketones (excluding diaryl/α,β-unsaturated/α-hetero) is 2. The van der Waals surface area contributed by atoms with Crippen LogP contribution in [0.15, 0.2) is 22.8 Å². The van der Waals surface area contributed by atoms with Crippen LogP contribution in [-0.2, 0) is 4.79 Å². The lowest BCUT2D eigenvalue weighted by Crippen LogP contribution is -2.10. The number of carbonyl (C=O) groups excluding carboxylic acids is 2. The number of hydrogen-bond acceptors (Lipinski definition) is 3. The lowest BCUT2D eigenvalue weighted by molar-refractivity contribution is -0.117. The Morgan fingerprint density at radius 2 is 2.38 bits per heavy atom. The Morgan fingerprint density at radius 1 is 1.54 bits per heavy atom. The van der Waals surface area contributed by atoms with Gasteiger partial charge in [-0.2, -0.15) is 0 Å². The van der Waals surface area contributed by atoms with Gasteiger partial charge in [0, 0.05) is 18.8 Å². The summed E-state index contributed by atoms with van der Waals surface area (Å²) >= 11 is 0. The minimum absolute atomic E-state index is 0.0316. The molecule has 0 amide bonds. The summed E-state index contributed by atoms with van der Waals surface area (Å²) in [5, 5.41) is 0. The zero-order valence-corrected chi connectivity index (χ0v) is 7.16. The minimum Gasteiger partial charge on any atom is -0.461 e. The number of furan rings is 1. The smallest absolute Gasteiger partial charge is 0.201 e. The molecule has 2 rings (SSSR count). The Hall–Kier alpha value is -1.38. The molecule has 68 valence electrons. The Kier molecular flexibility index (Phi) is 2.00. The third kappa shape index (κ3) is 1.54. The Balaban J connectivity index is 2.10. The van der Waals surface area contributed by atoms with Crippen LogP contribution < -0.4 is 0 Å². The number of rotatable bonds is 2. The highest BCUT2D eigenvalue weighted by atomic mass is 16.3. The molecule has 0 N–H and O–H groups in total. The molecular weight excluding hydrogens is 168 g/mol. The van der Waals surface area contributed by atoms with Crippen molar-refractivity contribution < 1.29 is 14.0 Å². The first-order chi connectivity index (χ1) is 6.27. The van der Waals surface area contributed by atoms with Crippen molar-refractivity contribution in [2.75, 3.05) is 0 Å². The highest BCUT2D eigenvalue weighted by Crippen LogP contribution is 2.25. The second-order valence-electron chi connectivity index (χ2n) is 3.32. The quantitative estimate of drug-likeness (QED) is 0.649. The van der Waals surface area contributed by atoms with Gasteiger partial charge in [-0.3, -0.25) is 9.59 Å². The monoisotopic (exact) mass is 178 g/mol. The molecule has 0 aromatic carbocycles. The van der Waals surface area contributed by atoms with E-state index in [-0.39, 0.29) is 17.5 Å². The van der Waals surface area contributed by atoms with Crippen molar-refractivity contribution >= 4 is 11.6 Å². The molecule has 0 saturated heterocycles. The van der Waals surface area contributed by atoms with Crippen molar-refractivity contribution in [3.63, 3.8) is 0 Å². The third-order valence-electron chi connectivity index (χ3n) is 2.38. The standard InChI is InChI=1S/C10H10O3/c11-8-4-3-7(6-8)10(12)9-2-1-5-13-9/h1-2,5,7H,3-4,6H2. The fraction of sp³-hybridized carbons (Fsp3) is 0.400. The first-order valence-corrected chi connectivity index (χ1v) is 4.37. The van der Waals surface area contributed by atoms with E-state index in [1.165, 1.54) is 6.26 Å². The fourth-order valence-electron chi connectivity index (χ4n) is 1.66. The Bertz CT molecular complexity index is 324. The van der Waals surface area contributed by atoms with E-state index in [1.807, 2.05) is 0 Å². The molecule has 0 aliphatic heterocycles. The molecule has 3 nitrogen and oxygen atoms in total. The summed E-state index contributed by atoms with van der Waals surface area (Å²) in [6, 6.07) is 3.33. The molecule has 1 heterocycles. The molecule has 1 saturated carbocycles. The van der Waals surface area contributed by atoms with Gasteiger partial charge in [-0.05, 0) is 18.6 Å². The zero-order valence-electron chi connectivity index (χ0n) is 7.16. The van der Waals surface area contributed by atoms with Gasteiger partial charge in [-0.15, -0.1) is 0 Å². The number of hydrogen-bond donors (Lipinski definition) is 0. The van der Waals surface area contributed by atoms with E-state index in [0.717, 1.165) is 0 Å². The predicted molar refractivity (Wildman–Crippen MR) is 45.4 cm³/mol. The molecule has 0 bridgehead atoms. The average molecular weight is 178 g/mol. The van der Waals surface area contributed by atoms with Crippen molar-refractivity contribution in [3.8, 4) is 0 Å². The lowest BCUT2D eigenvalue weighted by Gasteiger charge is -2.02. The van der Waals surface area contributed by atoms with E-state index >= 15 is 0 Å². The van der Waals surface area contributed by atoms with Crippen molar-refractivity contribution in [1.29, 1.82) is 0 Å². The van der Waals surface area contributed by atoms with E-state index in [4.69, 9.17) is 4.42 Å². The molecule has 1 aliphatic carbocycles. The molecular formula is C10H10O3. The van der Waals surface area contributed by atoms with E-state index in [9.17, 15) is 9.59 Å². The SMILES string of the molecule is O=C1CCC(C(=O)c2ccco2)C1. The van der Waals surface area contributed by atoms with Crippen LogP contribution in [0.2, 0.25) is 0 Å². The molecule has 3 heteroatoms. The minimum atomic E-state index is -0.140. The topological polar surface area (TPSA) is 47.3 Å². The highest BCUT2D eigenvalue weighted by molar-refractivity contribution is 5.99. The van der Waals surface area contributed by atoms with Gasteiger partial charge in [0.1, 0.15) is 5.78 Å². The van der Waals surface area contributed by atoms with Gasteiger partial charge in [-0.25, -0.2) is 0 Å². The van der Waals surface area contributed by atoms with Gasteiger partial charge in [0.05, 0.1) is 6.26 Å². The van der Waals surface area contributed by atoms with E-state index in [1.54, 1.807) is 12.1 Å². The maximum Gasteiger partial charge on any atom is 0.201 e. The maximum atomic E-state index is 11.6. The zero-order chi connectivity index (χ0) is 9.26. The van der Waals surface area contributed by atoms with Crippen LogP contribution in [0, 0.1) is 5.92 Å². The van der Waals surface area contributed by atoms with Crippen molar-refractivity contribution in [3.05, 3.63) is 24.2 Å². The van der Waals surface area contributed by atoms with Crippen LogP contribution in [0.5, 0.6) is 0 Å². The molecule has 1 fully saturated rings. The summed E-state index contributed by atoms with van der Waals surface area (Å²) in [5.74, 6) is 0.388. The summed E-state index contributed by atoms with van der Waals surface area (Å²) in [6.45, 7) is 0. The van der Waals surface area contributed by atoms with Crippen LogP contribution in [-0.4, -0.2) is 11.6 Å². The van der Waals surface area contributed by atoms with Gasteiger partial charge in [0.2, 0.25) is 5.78 Å². The van der Waals surface area contributed by atoms with Crippen LogP contribution in [0.25, 0.3) is 0 Å². The molecule has 1 unspecified atom stereocenters. The molecule has 0 radical (unpaired) electrons. The maximum absolute atomic E-state index is 11.6. The molecule has 1 aromatic heterocycles. The summed E-state index contributed by atoms with van der Waals surface area (Å²) in [7, 11) is 0. The summed E-state index contributed by atoms with van der Waals surface area (Å²) in [4.78, 5) is 22.6. The predicted octanol–water partition coefficient (Wildman–Crippen LogP) is 1.83. The summed E-state index contributed by atoms with van der Waals surface area (Å²) in [6.07, 6.45) is 3.08. The Morgan fingerprint density at radius 3 is 2.92 bits per heavy atom. The van der Waals surface area contributed by atoms with Gasteiger partial charge >= 0.3 is 0 Å². The number of carbonyl (C=O) groups is 2. The van der Waals surface area contributed by atoms with E-state index in [2.05, 4.69) is 0 Å². The van der Waals surface area contributed by atoms with Crippen molar-refractivity contribution in [1.82, 2.24) is 0 Å². The van der Waals surface area contributed by atoms with Crippen LogP contribution in [0.3, 0.4) is 0 Å². The highest BCUT2D eigenvalue weighted by Gasteiger charge is 2.29. The summed E-state index contributed by atoms with van der Waals surface area (Å²) in [5.41, 5.74) is 0. The van der Waals surface area contributed by atoms with Gasteiger partial charge in [-0.1, -0.05) is 0 Å². The van der Waals surface area contributed by atoms with E-state index in [0.29, 0.717) is 25.0 Å². The fourth-order valence-corrected chi connectivity index (χ4v) is 1.66. The van der Waals surface area contributed by atoms with Crippen LogP contribution in [0.4, 0.5) is 0 Å². The second-order valence-corrected chi connectivity index (χ2v) is 3.32. The molecule has 13 heavy (non-hydrogen) atoms. The lowest BCUT2D eigenvalue weighted by atomic mass is 10.0. The molecule has 0 spiro atoms. The molecule has 1 aromatic rings. The Labute approximate surface area is 75.7 Å². The number of ketones is 2. The van der Waals surface area contributed by atoms with Crippen LogP contribution in [0.1, 0.15) is 29.8 Å². The van der Waals surface area contributed by atoms with Crippen molar-refractivity contribution in [2.45, 2.75) is 19.3 Å². The van der Waals surface area contributed by atoms with Gasteiger partial charge in [0.25, 0.3) is 0 Å². The third-order valence-corrected chi connectivity index (χ3v) is 2.38. The van der Waals surface area contributed by atoms with Gasteiger partial charge < -0.3 is 4.42 Å². The summed E-state index contributed by atoms with van der Waals surface area (Å²) < 4.78 is 4.98.